The van der Waals surface area contributed by atoms with Gasteiger partial charge >= 0.3 is 0 Å². The highest BCUT2D eigenvalue weighted by Crippen LogP contribution is 2.30. The maximum atomic E-state index is 6.12. The van der Waals surface area contributed by atoms with E-state index in [1.165, 1.54) is 11.1 Å². The Balaban J connectivity index is 2.25. The lowest BCUT2D eigenvalue weighted by Gasteiger charge is -2.35. The molecule has 1 unspecified atom stereocenters. The Bertz CT molecular complexity index is 593. The van der Waals surface area contributed by atoms with Crippen molar-refractivity contribution in [3.05, 3.63) is 69.7 Å². The summed E-state index contributed by atoms with van der Waals surface area (Å²) in [5.41, 5.74) is 2.53. The zero-order chi connectivity index (χ0) is 15.5. The molecule has 0 heterocycles. The quantitative estimate of drug-likeness (QED) is 0.807. The smallest absolute Gasteiger partial charge is 0.0595 e. The van der Waals surface area contributed by atoms with Crippen LogP contribution in [0.4, 0.5) is 0 Å². The monoisotopic (exact) mass is 321 g/mol. The Morgan fingerprint density at radius 1 is 1.00 bits per heavy atom. The Morgan fingerprint density at radius 2 is 1.67 bits per heavy atom. The van der Waals surface area contributed by atoms with Crippen LogP contribution in [0.2, 0.25) is 10.0 Å². The van der Waals surface area contributed by atoms with Gasteiger partial charge in [-0.3, -0.25) is 0 Å². The number of hydrogen-bond acceptors (Lipinski definition) is 1. The van der Waals surface area contributed by atoms with Gasteiger partial charge in [0.25, 0.3) is 0 Å². The fourth-order valence-electron chi connectivity index (χ4n) is 2.69. The molecule has 2 aromatic rings. The molecule has 0 spiro atoms. The highest BCUT2D eigenvalue weighted by Gasteiger charge is 2.30. The SMILES string of the molecule is CNC(Cc1ccc(Cl)c(Cl)c1)C(C)(C)c1ccccc1. The third-order valence-corrected chi connectivity index (χ3v) is 4.90. The molecular weight excluding hydrogens is 301 g/mol. The van der Waals surface area contributed by atoms with Gasteiger partial charge in [0.15, 0.2) is 0 Å². The van der Waals surface area contributed by atoms with Crippen molar-refractivity contribution in [2.45, 2.75) is 31.7 Å². The summed E-state index contributed by atoms with van der Waals surface area (Å²) in [6.07, 6.45) is 0.898. The van der Waals surface area contributed by atoms with Gasteiger partial charge in [0.2, 0.25) is 0 Å². The first-order valence-electron chi connectivity index (χ1n) is 7.12. The molecule has 0 bridgehead atoms. The van der Waals surface area contributed by atoms with Crippen LogP contribution >= 0.6 is 23.2 Å². The molecule has 0 aromatic heterocycles. The fraction of sp³-hybridized carbons (Fsp3) is 0.333. The van der Waals surface area contributed by atoms with E-state index in [4.69, 9.17) is 23.2 Å². The molecule has 0 aliphatic rings. The molecule has 3 heteroatoms. The largest absolute Gasteiger partial charge is 0.316 e. The predicted octanol–water partition coefficient (Wildman–Crippen LogP) is 5.10. The third-order valence-electron chi connectivity index (χ3n) is 4.16. The van der Waals surface area contributed by atoms with Gasteiger partial charge in [0, 0.05) is 11.5 Å². The molecule has 112 valence electrons. The topological polar surface area (TPSA) is 12.0 Å². The summed E-state index contributed by atoms with van der Waals surface area (Å²) >= 11 is 12.1. The summed E-state index contributed by atoms with van der Waals surface area (Å²) in [7, 11) is 2.01. The molecule has 0 amide bonds. The number of benzene rings is 2. The second-order valence-electron chi connectivity index (χ2n) is 5.88. The van der Waals surface area contributed by atoms with Crippen molar-refractivity contribution in [2.24, 2.45) is 0 Å². The molecule has 0 aliphatic carbocycles. The number of likely N-dealkylation sites (N-methyl/N-ethyl adjacent to an activating group) is 1. The van der Waals surface area contributed by atoms with Crippen LogP contribution < -0.4 is 5.32 Å². The van der Waals surface area contributed by atoms with Gasteiger partial charge < -0.3 is 5.32 Å². The van der Waals surface area contributed by atoms with Gasteiger partial charge in [-0.15, -0.1) is 0 Å². The van der Waals surface area contributed by atoms with Crippen molar-refractivity contribution in [1.29, 1.82) is 0 Å². The molecular formula is C18H21Cl2N. The van der Waals surface area contributed by atoms with Crippen molar-refractivity contribution in [1.82, 2.24) is 5.32 Å². The molecule has 1 nitrogen and oxygen atoms in total. The van der Waals surface area contributed by atoms with Crippen LogP contribution in [0.15, 0.2) is 48.5 Å². The Labute approximate surface area is 137 Å². The highest BCUT2D eigenvalue weighted by molar-refractivity contribution is 6.42. The summed E-state index contributed by atoms with van der Waals surface area (Å²) < 4.78 is 0. The maximum Gasteiger partial charge on any atom is 0.0595 e. The van der Waals surface area contributed by atoms with Gasteiger partial charge in [-0.2, -0.15) is 0 Å². The van der Waals surface area contributed by atoms with Crippen LogP contribution in [0, 0.1) is 0 Å². The molecule has 0 aliphatic heterocycles. The predicted molar refractivity (Wildman–Crippen MR) is 92.5 cm³/mol. The van der Waals surface area contributed by atoms with Crippen LogP contribution in [0.3, 0.4) is 0 Å². The normalized spacial score (nSPS) is 13.2. The molecule has 0 saturated heterocycles. The summed E-state index contributed by atoms with van der Waals surface area (Å²) in [5.74, 6) is 0. The van der Waals surface area contributed by atoms with Crippen molar-refractivity contribution >= 4 is 23.2 Å². The molecule has 0 fully saturated rings. The number of rotatable bonds is 5. The standard InChI is InChI=1S/C18H21Cl2N/c1-18(2,14-7-5-4-6-8-14)17(21-3)12-13-9-10-15(19)16(20)11-13/h4-11,17,21H,12H2,1-3H3. The van der Waals surface area contributed by atoms with Crippen LogP contribution in [-0.4, -0.2) is 13.1 Å². The lowest BCUT2D eigenvalue weighted by molar-refractivity contribution is 0.356. The second kappa shape index (κ2) is 6.83. The molecule has 1 N–H and O–H groups in total. The first kappa shape index (κ1) is 16.4. The average Bonchev–Trinajstić information content (AvgIpc) is 2.49. The van der Waals surface area contributed by atoms with Crippen LogP contribution in [0.5, 0.6) is 0 Å². The van der Waals surface area contributed by atoms with Crippen molar-refractivity contribution in [2.75, 3.05) is 7.05 Å². The Hall–Kier alpha value is -1.02. The lowest BCUT2D eigenvalue weighted by atomic mass is 9.75. The first-order valence-corrected chi connectivity index (χ1v) is 7.87. The molecule has 0 radical (unpaired) electrons. The molecule has 2 aromatic carbocycles. The van der Waals surface area contributed by atoms with Crippen molar-refractivity contribution in [3.8, 4) is 0 Å². The maximum absolute atomic E-state index is 6.12. The summed E-state index contributed by atoms with van der Waals surface area (Å²) in [6.45, 7) is 4.53. The van der Waals surface area contributed by atoms with Gasteiger partial charge in [-0.05, 0) is 36.7 Å². The molecule has 21 heavy (non-hydrogen) atoms. The minimum absolute atomic E-state index is 0.0160. The zero-order valence-corrected chi connectivity index (χ0v) is 14.2. The summed E-state index contributed by atoms with van der Waals surface area (Å²) in [4.78, 5) is 0. The average molecular weight is 322 g/mol. The van der Waals surface area contributed by atoms with Gasteiger partial charge in [0.1, 0.15) is 0 Å². The van der Waals surface area contributed by atoms with E-state index in [1.54, 1.807) is 0 Å². The highest BCUT2D eigenvalue weighted by atomic mass is 35.5. The molecule has 2 rings (SSSR count). The fourth-order valence-corrected chi connectivity index (χ4v) is 3.01. The first-order chi connectivity index (χ1) is 9.95. The Kier molecular flexibility index (Phi) is 5.32. The van der Waals surface area contributed by atoms with Crippen LogP contribution in [-0.2, 0) is 11.8 Å². The lowest BCUT2D eigenvalue weighted by Crippen LogP contribution is -2.44. The van der Waals surface area contributed by atoms with E-state index in [-0.39, 0.29) is 5.41 Å². The van der Waals surface area contributed by atoms with E-state index < -0.39 is 0 Å². The molecule has 1 atom stereocenters. The third kappa shape index (κ3) is 3.79. The van der Waals surface area contributed by atoms with Gasteiger partial charge in [-0.25, -0.2) is 0 Å². The Morgan fingerprint density at radius 3 is 2.24 bits per heavy atom. The number of halogens is 2. The van der Waals surface area contributed by atoms with E-state index in [0.717, 1.165) is 6.42 Å². The summed E-state index contributed by atoms with van der Waals surface area (Å²) in [6, 6.07) is 16.7. The number of hydrogen-bond donors (Lipinski definition) is 1. The van der Waals surface area contributed by atoms with E-state index in [0.29, 0.717) is 16.1 Å². The second-order valence-corrected chi connectivity index (χ2v) is 6.70. The zero-order valence-electron chi connectivity index (χ0n) is 12.7. The molecule has 0 saturated carbocycles. The summed E-state index contributed by atoms with van der Waals surface area (Å²) in [5, 5.41) is 4.66. The van der Waals surface area contributed by atoms with E-state index in [2.05, 4.69) is 43.4 Å². The minimum atomic E-state index is 0.0160. The van der Waals surface area contributed by atoms with Crippen molar-refractivity contribution in [3.63, 3.8) is 0 Å². The van der Waals surface area contributed by atoms with Gasteiger partial charge in [0.05, 0.1) is 10.0 Å². The van der Waals surface area contributed by atoms with E-state index >= 15 is 0 Å². The van der Waals surface area contributed by atoms with E-state index in [1.807, 2.05) is 31.3 Å². The van der Waals surface area contributed by atoms with Crippen molar-refractivity contribution < 1.29 is 0 Å². The van der Waals surface area contributed by atoms with Crippen LogP contribution in [0.1, 0.15) is 25.0 Å². The number of nitrogens with one attached hydrogen (secondary N) is 1. The van der Waals surface area contributed by atoms with Crippen LogP contribution in [0.25, 0.3) is 0 Å². The minimum Gasteiger partial charge on any atom is -0.316 e. The van der Waals surface area contributed by atoms with Gasteiger partial charge in [-0.1, -0.05) is 73.4 Å². The van der Waals surface area contributed by atoms with E-state index in [9.17, 15) is 0 Å².